The minimum Gasteiger partial charge on any atom is -0.504 e. The third-order valence-corrected chi connectivity index (χ3v) is 2.14. The number of alkyl halides is 3. The molecule has 1 rings (SSSR count). The number of aromatic hydroxyl groups is 2. The van der Waals surface area contributed by atoms with Crippen LogP contribution in [0.5, 0.6) is 11.5 Å². The molecule has 0 amide bonds. The van der Waals surface area contributed by atoms with Gasteiger partial charge in [0.15, 0.2) is 17.3 Å². The normalized spacial score (nSPS) is 13.5. The van der Waals surface area contributed by atoms with E-state index in [1.807, 2.05) is 0 Å². The molecule has 0 saturated heterocycles. The van der Waals surface area contributed by atoms with Crippen LogP contribution in [0.4, 0.5) is 13.2 Å². The Kier molecular flexibility index (Phi) is 3.33. The maximum absolute atomic E-state index is 12.3. The zero-order valence-corrected chi connectivity index (χ0v) is 8.75. The van der Waals surface area contributed by atoms with Gasteiger partial charge in [0.05, 0.1) is 11.6 Å². The first-order valence-corrected chi connectivity index (χ1v) is 4.58. The molecule has 0 aliphatic carbocycles. The van der Waals surface area contributed by atoms with Crippen LogP contribution in [0.15, 0.2) is 12.1 Å². The molecule has 0 aliphatic rings. The highest BCUT2D eigenvalue weighted by Crippen LogP contribution is 2.42. The van der Waals surface area contributed by atoms with E-state index in [9.17, 15) is 28.2 Å². The average molecular weight is 249 g/mol. The Bertz CT molecular complexity index is 455. The number of hydrogen-bond acceptors (Lipinski definition) is 4. The van der Waals surface area contributed by atoms with Gasteiger partial charge in [-0.1, -0.05) is 0 Å². The molecule has 1 unspecified atom stereocenters. The second-order valence-corrected chi connectivity index (χ2v) is 3.51. The van der Waals surface area contributed by atoms with Crippen LogP contribution in [-0.2, 0) is 6.18 Å². The first-order valence-electron chi connectivity index (χ1n) is 4.58. The number of Topliss-reactive ketones (excluding diaryl/α,β-unsaturated/α-hetero) is 1. The van der Waals surface area contributed by atoms with Crippen molar-refractivity contribution in [2.24, 2.45) is 5.73 Å². The SMILES string of the molecule is CC(N)C(=O)c1ccc(C(F)(F)F)c(O)c1O. The molecular formula is C10H10F3NO3. The molecule has 1 aromatic rings. The second-order valence-electron chi connectivity index (χ2n) is 3.51. The summed E-state index contributed by atoms with van der Waals surface area (Å²) < 4.78 is 37.0. The fraction of sp³-hybridized carbons (Fsp3) is 0.300. The molecule has 0 spiro atoms. The van der Waals surface area contributed by atoms with Gasteiger partial charge in [0, 0.05) is 0 Å². The number of carbonyl (C=O) groups is 1. The molecule has 0 fully saturated rings. The fourth-order valence-electron chi connectivity index (χ4n) is 1.25. The summed E-state index contributed by atoms with van der Waals surface area (Å²) in [6.07, 6.45) is -4.81. The van der Waals surface area contributed by atoms with Crippen LogP contribution in [-0.4, -0.2) is 22.0 Å². The van der Waals surface area contributed by atoms with Crippen molar-refractivity contribution in [3.8, 4) is 11.5 Å². The lowest BCUT2D eigenvalue weighted by atomic mass is 10.0. The topological polar surface area (TPSA) is 83.6 Å². The molecule has 0 bridgehead atoms. The predicted octanol–water partition coefficient (Wildman–Crippen LogP) is 1.65. The maximum Gasteiger partial charge on any atom is 0.420 e. The molecule has 0 heterocycles. The molecule has 0 radical (unpaired) electrons. The number of nitrogens with two attached hydrogens (primary N) is 1. The zero-order chi connectivity index (χ0) is 13.4. The van der Waals surface area contributed by atoms with Gasteiger partial charge < -0.3 is 15.9 Å². The number of rotatable bonds is 2. The summed E-state index contributed by atoms with van der Waals surface area (Å²) in [5.41, 5.74) is 3.40. The monoisotopic (exact) mass is 249 g/mol. The summed E-state index contributed by atoms with van der Waals surface area (Å²) in [5.74, 6) is -3.24. The Balaban J connectivity index is 3.35. The Labute approximate surface area is 94.5 Å². The lowest BCUT2D eigenvalue weighted by Crippen LogP contribution is -2.26. The van der Waals surface area contributed by atoms with Crippen molar-refractivity contribution >= 4 is 5.78 Å². The smallest absolute Gasteiger partial charge is 0.420 e. The zero-order valence-electron chi connectivity index (χ0n) is 8.75. The molecule has 17 heavy (non-hydrogen) atoms. The summed E-state index contributed by atoms with van der Waals surface area (Å²) in [5, 5.41) is 18.5. The Morgan fingerprint density at radius 3 is 2.24 bits per heavy atom. The van der Waals surface area contributed by atoms with Gasteiger partial charge in [-0.2, -0.15) is 13.2 Å². The Morgan fingerprint density at radius 2 is 1.82 bits per heavy atom. The van der Waals surface area contributed by atoms with Crippen molar-refractivity contribution < 1.29 is 28.2 Å². The Morgan fingerprint density at radius 1 is 1.29 bits per heavy atom. The van der Waals surface area contributed by atoms with Crippen LogP contribution < -0.4 is 5.73 Å². The lowest BCUT2D eigenvalue weighted by molar-refractivity contribution is -0.138. The second kappa shape index (κ2) is 4.25. The summed E-state index contributed by atoms with van der Waals surface area (Å²) in [4.78, 5) is 11.4. The van der Waals surface area contributed by atoms with Gasteiger partial charge in [-0.3, -0.25) is 4.79 Å². The van der Waals surface area contributed by atoms with E-state index in [1.165, 1.54) is 6.92 Å². The van der Waals surface area contributed by atoms with E-state index < -0.39 is 40.6 Å². The third kappa shape index (κ3) is 2.50. The number of ketones is 1. The van der Waals surface area contributed by atoms with Gasteiger partial charge in [-0.25, -0.2) is 0 Å². The molecule has 4 nitrogen and oxygen atoms in total. The highest BCUT2D eigenvalue weighted by Gasteiger charge is 2.36. The van der Waals surface area contributed by atoms with E-state index >= 15 is 0 Å². The van der Waals surface area contributed by atoms with Crippen molar-refractivity contribution in [1.29, 1.82) is 0 Å². The first-order chi connectivity index (χ1) is 7.66. The van der Waals surface area contributed by atoms with Crippen LogP contribution in [0.25, 0.3) is 0 Å². The van der Waals surface area contributed by atoms with E-state index in [0.717, 1.165) is 6.07 Å². The fourth-order valence-corrected chi connectivity index (χ4v) is 1.25. The lowest BCUT2D eigenvalue weighted by Gasteiger charge is -2.13. The van der Waals surface area contributed by atoms with Gasteiger partial charge in [-0.05, 0) is 19.1 Å². The van der Waals surface area contributed by atoms with Gasteiger partial charge in [0.25, 0.3) is 0 Å². The number of phenolic OH excluding ortho intramolecular Hbond substituents is 2. The van der Waals surface area contributed by atoms with Crippen LogP contribution in [0.2, 0.25) is 0 Å². The van der Waals surface area contributed by atoms with Crippen LogP contribution >= 0.6 is 0 Å². The molecule has 1 aromatic carbocycles. The minimum absolute atomic E-state index is 0.439. The summed E-state index contributed by atoms with van der Waals surface area (Å²) in [6.45, 7) is 1.32. The number of phenols is 2. The Hall–Kier alpha value is -1.76. The van der Waals surface area contributed by atoms with E-state index in [4.69, 9.17) is 5.73 Å². The molecule has 0 aromatic heterocycles. The van der Waals surface area contributed by atoms with Gasteiger partial charge >= 0.3 is 6.18 Å². The maximum atomic E-state index is 12.3. The van der Waals surface area contributed by atoms with Crippen molar-refractivity contribution in [3.63, 3.8) is 0 Å². The highest BCUT2D eigenvalue weighted by molar-refractivity contribution is 6.02. The van der Waals surface area contributed by atoms with Crippen molar-refractivity contribution in [2.45, 2.75) is 19.1 Å². The first kappa shape index (κ1) is 13.3. The minimum atomic E-state index is -4.81. The van der Waals surface area contributed by atoms with Gasteiger partial charge in [-0.15, -0.1) is 0 Å². The third-order valence-electron chi connectivity index (χ3n) is 2.14. The van der Waals surface area contributed by atoms with Gasteiger partial charge in [0.1, 0.15) is 5.56 Å². The van der Waals surface area contributed by atoms with Crippen LogP contribution in [0, 0.1) is 0 Å². The molecular weight excluding hydrogens is 239 g/mol. The average Bonchev–Trinajstić information content (AvgIpc) is 2.19. The van der Waals surface area contributed by atoms with Crippen LogP contribution in [0.3, 0.4) is 0 Å². The molecule has 1 atom stereocenters. The van der Waals surface area contributed by atoms with Gasteiger partial charge in [0.2, 0.25) is 0 Å². The van der Waals surface area contributed by atoms with E-state index in [1.54, 1.807) is 0 Å². The highest BCUT2D eigenvalue weighted by atomic mass is 19.4. The largest absolute Gasteiger partial charge is 0.504 e. The summed E-state index contributed by atoms with van der Waals surface area (Å²) in [7, 11) is 0. The molecule has 0 aliphatic heterocycles. The summed E-state index contributed by atoms with van der Waals surface area (Å²) in [6, 6.07) is 0.311. The van der Waals surface area contributed by atoms with E-state index in [-0.39, 0.29) is 0 Å². The van der Waals surface area contributed by atoms with Crippen molar-refractivity contribution in [1.82, 2.24) is 0 Å². The number of carbonyl (C=O) groups excluding carboxylic acids is 1. The van der Waals surface area contributed by atoms with Crippen molar-refractivity contribution in [3.05, 3.63) is 23.3 Å². The van der Waals surface area contributed by atoms with E-state index in [2.05, 4.69) is 0 Å². The number of hydrogen-bond donors (Lipinski definition) is 3. The molecule has 94 valence electrons. The summed E-state index contributed by atoms with van der Waals surface area (Å²) >= 11 is 0. The standard InChI is InChI=1S/C10H10F3NO3/c1-4(14)7(15)5-2-3-6(10(11,12)13)9(17)8(5)16/h2-4,16-17H,14H2,1H3. The predicted molar refractivity (Wildman–Crippen MR) is 52.8 cm³/mol. The number of halogens is 3. The molecule has 7 heteroatoms. The van der Waals surface area contributed by atoms with E-state index in [0.29, 0.717) is 6.07 Å². The van der Waals surface area contributed by atoms with Crippen LogP contribution in [0.1, 0.15) is 22.8 Å². The quantitative estimate of drug-likeness (QED) is 0.549. The van der Waals surface area contributed by atoms with Crippen molar-refractivity contribution in [2.75, 3.05) is 0 Å². The molecule has 4 N–H and O–H groups in total. The molecule has 0 saturated carbocycles. The number of benzene rings is 1.